The van der Waals surface area contributed by atoms with Crippen LogP contribution in [0.4, 0.5) is 0 Å². The molecule has 0 atom stereocenters. The van der Waals surface area contributed by atoms with Crippen LogP contribution in [-0.4, -0.2) is 10.1 Å². The van der Waals surface area contributed by atoms with Crippen molar-refractivity contribution in [1.82, 2.24) is 15.2 Å². The van der Waals surface area contributed by atoms with E-state index in [2.05, 4.69) is 29.0 Å². The molecule has 0 unspecified atom stereocenters. The van der Waals surface area contributed by atoms with E-state index in [1.165, 1.54) is 5.56 Å². The first-order valence-electron chi connectivity index (χ1n) is 5.02. The molecule has 2 aromatic heterocycles. The van der Waals surface area contributed by atoms with Crippen LogP contribution in [0.2, 0.25) is 0 Å². The third-order valence-corrected chi connectivity index (χ3v) is 1.96. The molecule has 0 bridgehead atoms. The average molecular weight is 276 g/mol. The van der Waals surface area contributed by atoms with E-state index in [9.17, 15) is 0 Å². The molecule has 0 saturated carbocycles. The van der Waals surface area contributed by atoms with Crippen molar-refractivity contribution in [2.24, 2.45) is 0 Å². The summed E-state index contributed by atoms with van der Waals surface area (Å²) in [5.74, 6) is 0.501. The van der Waals surface area contributed by atoms with E-state index < -0.39 is 0 Å². The van der Waals surface area contributed by atoms with Gasteiger partial charge in [0.1, 0.15) is 0 Å². The van der Waals surface area contributed by atoms with Gasteiger partial charge in [-0.1, -0.05) is 40.0 Å². The molecule has 0 spiro atoms. The molecule has 0 aliphatic rings. The number of rotatable bonds is 1. The Morgan fingerprint density at radius 1 is 1.27 bits per heavy atom. The van der Waals surface area contributed by atoms with Crippen LogP contribution in [0.5, 0.6) is 0 Å². The number of aromatic nitrogens is 3. The van der Waals surface area contributed by atoms with Gasteiger partial charge >= 0.3 is 58.2 Å². The summed E-state index contributed by atoms with van der Waals surface area (Å²) in [6.45, 7) is 8.31. The summed E-state index contributed by atoms with van der Waals surface area (Å²) < 4.78 is 0. The minimum absolute atomic E-state index is 0. The maximum Gasteiger partial charge on any atom is 1.00 e. The third kappa shape index (κ3) is 3.73. The van der Waals surface area contributed by atoms with Crippen molar-refractivity contribution in [2.45, 2.75) is 33.6 Å². The van der Waals surface area contributed by atoms with Crippen molar-refractivity contribution >= 4 is 11.0 Å². The zero-order valence-electron chi connectivity index (χ0n) is 10.2. The second kappa shape index (κ2) is 7.66. The van der Waals surface area contributed by atoms with Gasteiger partial charge in [0.15, 0.2) is 0 Å². The van der Waals surface area contributed by atoms with E-state index >= 15 is 0 Å². The van der Waals surface area contributed by atoms with Gasteiger partial charge in [0, 0.05) is 6.20 Å². The van der Waals surface area contributed by atoms with Gasteiger partial charge in [0.25, 0.3) is 0 Å². The first-order chi connectivity index (χ1) is 6.79. The van der Waals surface area contributed by atoms with Gasteiger partial charge in [-0.05, 0) is 22.5 Å². The van der Waals surface area contributed by atoms with Crippen molar-refractivity contribution in [3.05, 3.63) is 24.0 Å². The van der Waals surface area contributed by atoms with Crippen molar-refractivity contribution in [2.75, 3.05) is 0 Å². The van der Waals surface area contributed by atoms with E-state index in [1.54, 1.807) is 12.4 Å². The third-order valence-electron chi connectivity index (χ3n) is 1.96. The number of fused-ring (bicyclic) bond motifs is 1. The Morgan fingerprint density at radius 2 is 1.93 bits per heavy atom. The van der Waals surface area contributed by atoms with E-state index in [1.807, 2.05) is 19.9 Å². The molecule has 76 valence electrons. The van der Waals surface area contributed by atoms with Gasteiger partial charge < -0.3 is 10.1 Å². The number of hydrogen-bond acceptors (Lipinski definition) is 2. The van der Waals surface area contributed by atoms with Crippen molar-refractivity contribution < 1.29 is 58.2 Å². The van der Waals surface area contributed by atoms with Crippen molar-refractivity contribution in [3.8, 4) is 0 Å². The first kappa shape index (κ1) is 15.4. The Bertz CT molecular complexity index is 395. The van der Waals surface area contributed by atoms with Gasteiger partial charge in [0.05, 0.1) is 0 Å². The quantitative estimate of drug-likeness (QED) is 0.720. The van der Waals surface area contributed by atoms with Crippen LogP contribution < -0.4 is 63.3 Å². The van der Waals surface area contributed by atoms with Crippen molar-refractivity contribution in [3.63, 3.8) is 0 Å². The summed E-state index contributed by atoms with van der Waals surface area (Å²) in [7, 11) is 0. The topological polar surface area (TPSA) is 39.9 Å². The smallest absolute Gasteiger partial charge is 0.441 e. The molecule has 0 aliphatic heterocycles. The Labute approximate surface area is 140 Å². The van der Waals surface area contributed by atoms with E-state index in [-0.39, 0.29) is 58.2 Å². The second-order valence-electron chi connectivity index (χ2n) is 3.14. The molecular weight excluding hydrogens is 260 g/mol. The normalized spacial score (nSPS) is 9.40. The summed E-state index contributed by atoms with van der Waals surface area (Å²) in [6, 6.07) is 2.02. The molecule has 3 nitrogen and oxygen atoms in total. The fraction of sp³-hybridized carbons (Fsp3) is 0.455. The molecule has 0 radical (unpaired) electrons. The van der Waals surface area contributed by atoms with Crippen LogP contribution in [0.1, 0.15) is 39.2 Å². The SMILES string of the molecule is CC.CC(C)c1ccnc2[n-]ncc12.[Rb+]. The van der Waals surface area contributed by atoms with E-state index in [4.69, 9.17) is 0 Å². The molecule has 0 N–H and O–H groups in total. The fourth-order valence-corrected chi connectivity index (χ4v) is 1.33. The monoisotopic (exact) mass is 275 g/mol. The minimum atomic E-state index is 0. The van der Waals surface area contributed by atoms with Crippen LogP contribution in [0.15, 0.2) is 18.5 Å². The number of nitrogens with zero attached hydrogens (tertiary/aromatic N) is 3. The molecule has 4 heteroatoms. The molecule has 0 aliphatic carbocycles. The van der Waals surface area contributed by atoms with Crippen LogP contribution in [0.25, 0.3) is 11.0 Å². The number of pyridine rings is 1. The standard InChI is InChI=1S/C9H10N3.C2H6.Rb/c1-6(2)7-3-4-10-9-8(7)5-11-12-9;1-2;/h3-6H,1-2H3;1-2H3;/q-1;;+1. The van der Waals surface area contributed by atoms with Crippen LogP contribution >= 0.6 is 0 Å². The molecule has 2 aromatic rings. The van der Waals surface area contributed by atoms with Crippen LogP contribution in [0.3, 0.4) is 0 Å². The van der Waals surface area contributed by atoms with Gasteiger partial charge in [-0.15, -0.1) is 0 Å². The second-order valence-corrected chi connectivity index (χ2v) is 3.14. The summed E-state index contributed by atoms with van der Waals surface area (Å²) >= 11 is 0. The Morgan fingerprint density at radius 3 is 2.53 bits per heavy atom. The molecule has 0 saturated heterocycles. The minimum Gasteiger partial charge on any atom is -0.441 e. The fourth-order valence-electron chi connectivity index (χ4n) is 1.33. The summed E-state index contributed by atoms with van der Waals surface area (Å²) in [4.78, 5) is 4.11. The number of hydrogen-bond donors (Lipinski definition) is 0. The average Bonchev–Trinajstić information content (AvgIpc) is 2.67. The Balaban J connectivity index is 0.000000617. The molecule has 0 aromatic carbocycles. The Kier molecular flexibility index (Phi) is 7.88. The van der Waals surface area contributed by atoms with Gasteiger partial charge in [-0.2, -0.15) is 0 Å². The maximum absolute atomic E-state index is 4.11. The zero-order valence-corrected chi connectivity index (χ0v) is 15.1. The van der Waals surface area contributed by atoms with Crippen molar-refractivity contribution in [1.29, 1.82) is 0 Å². The van der Waals surface area contributed by atoms with E-state index in [0.29, 0.717) is 5.92 Å². The largest absolute Gasteiger partial charge is 1.00 e. The molecular formula is C11H16N3Rb. The maximum atomic E-state index is 4.11. The molecule has 0 amide bonds. The first-order valence-corrected chi connectivity index (χ1v) is 5.02. The molecule has 15 heavy (non-hydrogen) atoms. The molecule has 2 rings (SSSR count). The summed E-state index contributed by atoms with van der Waals surface area (Å²) in [5, 5.41) is 8.81. The van der Waals surface area contributed by atoms with Gasteiger partial charge in [-0.3, -0.25) is 5.10 Å². The van der Waals surface area contributed by atoms with Gasteiger partial charge in [-0.25, -0.2) is 0 Å². The summed E-state index contributed by atoms with van der Waals surface area (Å²) in [5.41, 5.74) is 2.02. The van der Waals surface area contributed by atoms with Crippen LogP contribution in [0, 0.1) is 0 Å². The zero-order chi connectivity index (χ0) is 10.6. The molecule has 0 fully saturated rings. The molecule has 2 heterocycles. The predicted octanol–water partition coefficient (Wildman–Crippen LogP) is -0.259. The summed E-state index contributed by atoms with van der Waals surface area (Å²) in [6.07, 6.45) is 3.56. The predicted molar refractivity (Wildman–Crippen MR) is 58.3 cm³/mol. The van der Waals surface area contributed by atoms with E-state index in [0.717, 1.165) is 11.0 Å². The van der Waals surface area contributed by atoms with Crippen LogP contribution in [-0.2, 0) is 0 Å². The Hall–Kier alpha value is 0.425. The van der Waals surface area contributed by atoms with Gasteiger partial charge in [0.2, 0.25) is 0 Å².